The average Bonchev–Trinajstić information content (AvgIpc) is 3.26. The number of fused-ring (bicyclic) bond motifs is 1. The third-order valence-electron chi connectivity index (χ3n) is 4.88. The van der Waals surface area contributed by atoms with Crippen molar-refractivity contribution in [3.8, 4) is 0 Å². The molecule has 1 atom stereocenters. The molecule has 2 heterocycles. The molecule has 1 aromatic heterocycles. The van der Waals surface area contributed by atoms with Gasteiger partial charge in [0.15, 0.2) is 0 Å². The van der Waals surface area contributed by atoms with E-state index < -0.39 is 0 Å². The predicted molar refractivity (Wildman–Crippen MR) is 98.1 cm³/mol. The second-order valence-corrected chi connectivity index (χ2v) is 6.66. The second-order valence-electron chi connectivity index (χ2n) is 6.66. The summed E-state index contributed by atoms with van der Waals surface area (Å²) in [6.45, 7) is 3.10. The topological polar surface area (TPSA) is 26.2 Å². The minimum Gasteiger partial charge on any atom is -0.377 e. The Labute approximate surface area is 147 Å². The van der Waals surface area contributed by atoms with Crippen LogP contribution in [0.25, 0.3) is 10.9 Å². The zero-order valence-corrected chi connectivity index (χ0v) is 14.2. The molecule has 0 saturated carbocycles. The molecule has 2 aromatic carbocycles. The number of nitrogens with zero attached hydrogens (tertiary/aromatic N) is 1. The number of ether oxygens (including phenoxy) is 1. The molecule has 1 aliphatic heterocycles. The van der Waals surface area contributed by atoms with Gasteiger partial charge in [0.25, 0.3) is 0 Å². The largest absolute Gasteiger partial charge is 0.377 e. The van der Waals surface area contributed by atoms with Gasteiger partial charge in [0.05, 0.1) is 12.6 Å². The number of para-hydroxylation sites is 1. The van der Waals surface area contributed by atoms with E-state index in [2.05, 4.69) is 34.3 Å². The van der Waals surface area contributed by atoms with Gasteiger partial charge in [-0.05, 0) is 30.5 Å². The Morgan fingerprint density at radius 3 is 2.76 bits per heavy atom. The molecule has 0 bridgehead atoms. The van der Waals surface area contributed by atoms with Gasteiger partial charge in [0.1, 0.15) is 5.82 Å². The summed E-state index contributed by atoms with van der Waals surface area (Å²) >= 11 is 0. The number of aromatic nitrogens is 1. The molecule has 0 aliphatic carbocycles. The van der Waals surface area contributed by atoms with Gasteiger partial charge in [-0.3, -0.25) is 0 Å². The average molecular weight is 338 g/mol. The van der Waals surface area contributed by atoms with Crippen LogP contribution >= 0.6 is 0 Å². The summed E-state index contributed by atoms with van der Waals surface area (Å²) in [5.74, 6) is -0.154. The predicted octanol–water partition coefficient (Wildman–Crippen LogP) is 4.10. The number of hydrogen-bond donors (Lipinski definition) is 1. The molecule has 0 amide bonds. The van der Waals surface area contributed by atoms with Crippen molar-refractivity contribution in [2.45, 2.75) is 32.0 Å². The maximum atomic E-state index is 14.0. The fourth-order valence-corrected chi connectivity index (χ4v) is 3.58. The lowest BCUT2D eigenvalue weighted by Crippen LogP contribution is -2.25. The molecule has 25 heavy (non-hydrogen) atoms. The minimum absolute atomic E-state index is 0.154. The molecule has 0 spiro atoms. The summed E-state index contributed by atoms with van der Waals surface area (Å²) in [5, 5.41) is 4.73. The van der Waals surface area contributed by atoms with Crippen LogP contribution in [0, 0.1) is 5.82 Å². The van der Waals surface area contributed by atoms with Gasteiger partial charge in [0.2, 0.25) is 0 Å². The number of hydrogen-bond acceptors (Lipinski definition) is 2. The zero-order chi connectivity index (χ0) is 17.1. The monoisotopic (exact) mass is 338 g/mol. The van der Waals surface area contributed by atoms with Gasteiger partial charge < -0.3 is 14.6 Å². The number of benzene rings is 2. The Balaban J connectivity index is 1.54. The van der Waals surface area contributed by atoms with Crippen molar-refractivity contribution >= 4 is 10.9 Å². The van der Waals surface area contributed by atoms with Crippen molar-refractivity contribution in [3.05, 3.63) is 71.7 Å². The van der Waals surface area contributed by atoms with Crippen molar-refractivity contribution < 1.29 is 9.13 Å². The molecular weight excluding hydrogens is 315 g/mol. The molecule has 130 valence electrons. The van der Waals surface area contributed by atoms with Crippen LogP contribution in [0.1, 0.15) is 24.0 Å². The van der Waals surface area contributed by atoms with E-state index in [1.54, 1.807) is 6.07 Å². The lowest BCUT2D eigenvalue weighted by atomic mass is 10.1. The third-order valence-corrected chi connectivity index (χ3v) is 4.88. The van der Waals surface area contributed by atoms with Crippen LogP contribution in [0.4, 0.5) is 4.39 Å². The number of halogens is 1. The van der Waals surface area contributed by atoms with Gasteiger partial charge in [-0.15, -0.1) is 0 Å². The summed E-state index contributed by atoms with van der Waals surface area (Å²) in [4.78, 5) is 0. The van der Waals surface area contributed by atoms with Crippen molar-refractivity contribution in [2.24, 2.45) is 0 Å². The van der Waals surface area contributed by atoms with Crippen molar-refractivity contribution in [2.75, 3.05) is 13.2 Å². The Hall–Kier alpha value is -2.17. The maximum absolute atomic E-state index is 14.0. The van der Waals surface area contributed by atoms with Crippen LogP contribution in [-0.2, 0) is 17.8 Å². The van der Waals surface area contributed by atoms with Crippen molar-refractivity contribution in [1.29, 1.82) is 0 Å². The first-order valence-corrected chi connectivity index (χ1v) is 8.94. The molecule has 1 saturated heterocycles. The van der Waals surface area contributed by atoms with Crippen LogP contribution < -0.4 is 5.32 Å². The summed E-state index contributed by atoms with van der Waals surface area (Å²) in [7, 11) is 0. The molecule has 4 rings (SSSR count). The molecular formula is C21H23FN2O. The lowest BCUT2D eigenvalue weighted by Gasteiger charge is -2.10. The van der Waals surface area contributed by atoms with E-state index in [1.807, 2.05) is 18.2 Å². The smallest absolute Gasteiger partial charge is 0.128 e. The highest BCUT2D eigenvalue weighted by Gasteiger charge is 2.15. The third kappa shape index (κ3) is 3.60. The normalized spacial score (nSPS) is 17.4. The Bertz CT molecular complexity index is 852. The zero-order valence-electron chi connectivity index (χ0n) is 14.2. The molecule has 3 aromatic rings. The van der Waals surface area contributed by atoms with E-state index in [-0.39, 0.29) is 5.82 Å². The van der Waals surface area contributed by atoms with E-state index in [0.29, 0.717) is 18.2 Å². The highest BCUT2D eigenvalue weighted by atomic mass is 19.1. The first-order valence-electron chi connectivity index (χ1n) is 8.94. The second kappa shape index (κ2) is 7.38. The summed E-state index contributed by atoms with van der Waals surface area (Å²) < 4.78 is 21.8. The van der Waals surface area contributed by atoms with Gasteiger partial charge in [-0.1, -0.05) is 36.4 Å². The van der Waals surface area contributed by atoms with E-state index in [1.165, 1.54) is 17.0 Å². The van der Waals surface area contributed by atoms with Crippen LogP contribution in [0.2, 0.25) is 0 Å². The molecule has 1 N–H and O–H groups in total. The maximum Gasteiger partial charge on any atom is 0.128 e. The standard InChI is InChI=1S/C21H23FN2O/c22-20-9-3-1-6-16(20)14-24-15-17(19-8-2-4-10-21(19)24)12-23-13-18-7-5-11-25-18/h1-4,6,8-10,15,18,23H,5,7,11-14H2/t18-/m1/s1. The van der Waals surface area contributed by atoms with Crippen LogP contribution in [0.15, 0.2) is 54.7 Å². The van der Waals surface area contributed by atoms with E-state index in [4.69, 9.17) is 4.74 Å². The van der Waals surface area contributed by atoms with Gasteiger partial charge in [-0.2, -0.15) is 0 Å². The summed E-state index contributed by atoms with van der Waals surface area (Å²) in [5.41, 5.74) is 3.09. The van der Waals surface area contributed by atoms with Crippen molar-refractivity contribution in [1.82, 2.24) is 9.88 Å². The fraction of sp³-hybridized carbons (Fsp3) is 0.333. The quantitative estimate of drug-likeness (QED) is 0.732. The van der Waals surface area contributed by atoms with Gasteiger partial charge >= 0.3 is 0 Å². The van der Waals surface area contributed by atoms with E-state index in [9.17, 15) is 4.39 Å². The first kappa shape index (κ1) is 16.3. The fourth-order valence-electron chi connectivity index (χ4n) is 3.58. The Kier molecular flexibility index (Phi) is 4.81. The SMILES string of the molecule is Fc1ccccc1Cn1cc(CNC[C@H]2CCCO2)c2ccccc21. The number of nitrogens with one attached hydrogen (secondary N) is 1. The Morgan fingerprint density at radius 1 is 1.08 bits per heavy atom. The summed E-state index contributed by atoms with van der Waals surface area (Å²) in [6, 6.07) is 15.3. The van der Waals surface area contributed by atoms with Gasteiger partial charge in [-0.25, -0.2) is 4.39 Å². The molecule has 0 radical (unpaired) electrons. The highest BCUT2D eigenvalue weighted by molar-refractivity contribution is 5.84. The summed E-state index contributed by atoms with van der Waals surface area (Å²) in [6.07, 6.45) is 4.78. The highest BCUT2D eigenvalue weighted by Crippen LogP contribution is 2.23. The number of rotatable bonds is 6. The Morgan fingerprint density at radius 2 is 1.92 bits per heavy atom. The van der Waals surface area contributed by atoms with E-state index >= 15 is 0 Å². The molecule has 1 aliphatic rings. The lowest BCUT2D eigenvalue weighted by molar-refractivity contribution is 0.110. The van der Waals surface area contributed by atoms with Crippen molar-refractivity contribution in [3.63, 3.8) is 0 Å². The first-order chi connectivity index (χ1) is 12.3. The van der Waals surface area contributed by atoms with Gasteiger partial charge in [0, 0.05) is 42.4 Å². The molecule has 3 nitrogen and oxygen atoms in total. The molecule has 0 unspecified atom stereocenters. The van der Waals surface area contributed by atoms with Crippen LogP contribution in [0.3, 0.4) is 0 Å². The van der Waals surface area contributed by atoms with Crippen LogP contribution in [-0.4, -0.2) is 23.8 Å². The van der Waals surface area contributed by atoms with Crippen LogP contribution in [0.5, 0.6) is 0 Å². The molecule has 4 heteroatoms. The van der Waals surface area contributed by atoms with E-state index in [0.717, 1.165) is 38.1 Å². The molecule has 1 fully saturated rings. The minimum atomic E-state index is -0.154.